The summed E-state index contributed by atoms with van der Waals surface area (Å²) in [4.78, 5) is 35.7. The molecule has 0 spiro atoms. The van der Waals surface area contributed by atoms with Crippen LogP contribution in [0.3, 0.4) is 0 Å². The zero-order chi connectivity index (χ0) is 19.8. The van der Waals surface area contributed by atoms with Crippen LogP contribution in [-0.2, 0) is 14.3 Å². The molecule has 27 heavy (non-hydrogen) atoms. The molecule has 2 rings (SSSR count). The summed E-state index contributed by atoms with van der Waals surface area (Å²) >= 11 is 0. The van der Waals surface area contributed by atoms with Gasteiger partial charge in [-0.3, -0.25) is 9.59 Å². The number of hydrogen-bond acceptors (Lipinski definition) is 5. The number of benzene rings is 1. The smallest absolute Gasteiger partial charge is 0.344 e. The highest BCUT2D eigenvalue weighted by Gasteiger charge is 2.26. The van der Waals surface area contributed by atoms with Crippen molar-refractivity contribution >= 4 is 17.7 Å². The van der Waals surface area contributed by atoms with Gasteiger partial charge in [0.2, 0.25) is 0 Å². The standard InChI is InChI=1S/C21H29NO5/c1-4-19(23)16-9-11-17(12-10-16)26-13-20(24)27-15(3)21(25)22-18-8-6-5-7-14(18)2/h9-12,14-15,18H,4-8,13H2,1-3H3,(H,22,25)/t14-,15+,18-/m0/s1. The fraction of sp³-hybridized carbons (Fsp3) is 0.571. The van der Waals surface area contributed by atoms with E-state index in [0.717, 1.165) is 19.3 Å². The number of amides is 1. The summed E-state index contributed by atoms with van der Waals surface area (Å²) in [5, 5.41) is 2.98. The van der Waals surface area contributed by atoms with Crippen molar-refractivity contribution in [1.82, 2.24) is 5.32 Å². The Bertz CT molecular complexity index is 655. The van der Waals surface area contributed by atoms with Gasteiger partial charge in [0, 0.05) is 18.0 Å². The molecule has 0 aromatic heterocycles. The molecule has 1 aliphatic rings. The number of ketones is 1. The summed E-state index contributed by atoms with van der Waals surface area (Å²) in [6, 6.07) is 6.74. The minimum absolute atomic E-state index is 0.0491. The second-order valence-corrected chi connectivity index (χ2v) is 7.10. The van der Waals surface area contributed by atoms with Gasteiger partial charge in [-0.15, -0.1) is 0 Å². The lowest BCUT2D eigenvalue weighted by Gasteiger charge is -2.30. The third kappa shape index (κ3) is 6.38. The maximum atomic E-state index is 12.2. The topological polar surface area (TPSA) is 81.7 Å². The van der Waals surface area contributed by atoms with Gasteiger partial charge in [-0.05, 0) is 49.9 Å². The molecule has 6 nitrogen and oxygen atoms in total. The molecule has 1 aliphatic carbocycles. The number of hydrogen-bond donors (Lipinski definition) is 1. The molecule has 0 aliphatic heterocycles. The van der Waals surface area contributed by atoms with Crippen LogP contribution in [0.5, 0.6) is 5.75 Å². The highest BCUT2D eigenvalue weighted by atomic mass is 16.6. The summed E-state index contributed by atoms with van der Waals surface area (Å²) in [6.07, 6.45) is 3.96. The van der Waals surface area contributed by atoms with E-state index in [9.17, 15) is 14.4 Å². The van der Waals surface area contributed by atoms with E-state index in [0.29, 0.717) is 23.7 Å². The Balaban J connectivity index is 1.75. The average Bonchev–Trinajstić information content (AvgIpc) is 2.67. The van der Waals surface area contributed by atoms with Crippen LogP contribution in [0.15, 0.2) is 24.3 Å². The van der Waals surface area contributed by atoms with E-state index in [1.807, 2.05) is 0 Å². The van der Waals surface area contributed by atoms with Crippen LogP contribution in [-0.4, -0.2) is 36.4 Å². The lowest BCUT2D eigenvalue weighted by molar-refractivity contribution is -0.157. The van der Waals surface area contributed by atoms with Crippen LogP contribution < -0.4 is 10.1 Å². The lowest BCUT2D eigenvalue weighted by Crippen LogP contribution is -2.46. The summed E-state index contributed by atoms with van der Waals surface area (Å²) in [7, 11) is 0. The number of ether oxygens (including phenoxy) is 2. The van der Waals surface area contributed by atoms with Gasteiger partial charge in [-0.25, -0.2) is 4.79 Å². The van der Waals surface area contributed by atoms with E-state index in [1.54, 1.807) is 38.1 Å². The van der Waals surface area contributed by atoms with Crippen molar-refractivity contribution in [3.63, 3.8) is 0 Å². The Kier molecular flexibility index (Phi) is 7.82. The minimum atomic E-state index is -0.861. The summed E-state index contributed by atoms with van der Waals surface area (Å²) < 4.78 is 10.5. The van der Waals surface area contributed by atoms with Gasteiger partial charge < -0.3 is 14.8 Å². The third-order valence-corrected chi connectivity index (χ3v) is 4.97. The first-order valence-corrected chi connectivity index (χ1v) is 9.66. The van der Waals surface area contributed by atoms with Crippen LogP contribution in [0.4, 0.5) is 0 Å². The largest absolute Gasteiger partial charge is 0.482 e. The number of nitrogens with one attached hydrogen (secondary N) is 1. The molecule has 0 saturated heterocycles. The van der Waals surface area contributed by atoms with Crippen molar-refractivity contribution < 1.29 is 23.9 Å². The first-order chi connectivity index (χ1) is 12.9. The third-order valence-electron chi connectivity index (χ3n) is 4.97. The molecule has 1 N–H and O–H groups in total. The summed E-state index contributed by atoms with van der Waals surface area (Å²) in [5.41, 5.74) is 0.606. The van der Waals surface area contributed by atoms with E-state index >= 15 is 0 Å². The van der Waals surface area contributed by atoms with Gasteiger partial charge >= 0.3 is 5.97 Å². The molecule has 1 aromatic carbocycles. The number of rotatable bonds is 8. The second-order valence-electron chi connectivity index (χ2n) is 7.10. The van der Waals surface area contributed by atoms with E-state index in [-0.39, 0.29) is 24.3 Å². The first-order valence-electron chi connectivity index (χ1n) is 9.66. The number of carbonyl (C=O) groups excluding carboxylic acids is 3. The molecule has 0 radical (unpaired) electrons. The number of carbonyl (C=O) groups is 3. The van der Waals surface area contributed by atoms with Crippen molar-refractivity contribution in [2.45, 2.75) is 65.0 Å². The van der Waals surface area contributed by atoms with Crippen LogP contribution >= 0.6 is 0 Å². The molecule has 1 aromatic rings. The number of Topliss-reactive ketones (excluding diaryl/α,β-unsaturated/α-hetero) is 1. The van der Waals surface area contributed by atoms with Gasteiger partial charge in [0.15, 0.2) is 18.5 Å². The Morgan fingerprint density at radius 1 is 1.15 bits per heavy atom. The van der Waals surface area contributed by atoms with Gasteiger partial charge in [0.05, 0.1) is 0 Å². The highest BCUT2D eigenvalue weighted by molar-refractivity contribution is 5.95. The Morgan fingerprint density at radius 3 is 2.44 bits per heavy atom. The minimum Gasteiger partial charge on any atom is -0.482 e. The molecular formula is C21H29NO5. The predicted octanol–water partition coefficient (Wildman–Crippen LogP) is 3.28. The van der Waals surface area contributed by atoms with Crippen LogP contribution in [0, 0.1) is 5.92 Å². The van der Waals surface area contributed by atoms with Crippen molar-refractivity contribution in [2.24, 2.45) is 5.92 Å². The van der Waals surface area contributed by atoms with Crippen LogP contribution in [0.25, 0.3) is 0 Å². The SMILES string of the molecule is CCC(=O)c1ccc(OCC(=O)O[C@H](C)C(=O)N[C@H]2CCCC[C@@H]2C)cc1. The number of esters is 1. The second kappa shape index (κ2) is 10.1. The Labute approximate surface area is 160 Å². The van der Waals surface area contributed by atoms with Gasteiger partial charge in [-0.1, -0.05) is 26.7 Å². The van der Waals surface area contributed by atoms with Gasteiger partial charge in [0.1, 0.15) is 5.75 Å². The van der Waals surface area contributed by atoms with E-state index < -0.39 is 12.1 Å². The molecular weight excluding hydrogens is 346 g/mol. The first kappa shape index (κ1) is 20.9. The van der Waals surface area contributed by atoms with Crippen LogP contribution in [0.2, 0.25) is 0 Å². The maximum absolute atomic E-state index is 12.2. The average molecular weight is 375 g/mol. The van der Waals surface area contributed by atoms with Gasteiger partial charge in [0.25, 0.3) is 5.91 Å². The molecule has 1 amide bonds. The van der Waals surface area contributed by atoms with E-state index in [4.69, 9.17) is 9.47 Å². The molecule has 1 fully saturated rings. The fourth-order valence-corrected chi connectivity index (χ4v) is 3.20. The van der Waals surface area contributed by atoms with Crippen LogP contribution in [0.1, 0.15) is 63.2 Å². The molecule has 3 atom stereocenters. The summed E-state index contributed by atoms with van der Waals surface area (Å²) in [5.74, 6) is 0.0740. The zero-order valence-corrected chi connectivity index (χ0v) is 16.3. The zero-order valence-electron chi connectivity index (χ0n) is 16.3. The lowest BCUT2D eigenvalue weighted by atomic mass is 9.86. The monoisotopic (exact) mass is 375 g/mol. The molecule has 148 valence electrons. The fourth-order valence-electron chi connectivity index (χ4n) is 3.20. The predicted molar refractivity (Wildman–Crippen MR) is 102 cm³/mol. The normalized spacial score (nSPS) is 20.4. The molecule has 0 unspecified atom stereocenters. The van der Waals surface area contributed by atoms with E-state index in [2.05, 4.69) is 12.2 Å². The molecule has 0 heterocycles. The maximum Gasteiger partial charge on any atom is 0.344 e. The molecule has 1 saturated carbocycles. The van der Waals surface area contributed by atoms with E-state index in [1.165, 1.54) is 6.42 Å². The van der Waals surface area contributed by atoms with Crippen molar-refractivity contribution in [3.05, 3.63) is 29.8 Å². The molecule has 0 bridgehead atoms. The highest BCUT2D eigenvalue weighted by Crippen LogP contribution is 2.23. The summed E-state index contributed by atoms with van der Waals surface area (Å²) in [6.45, 7) is 5.20. The molecule has 6 heteroatoms. The Hall–Kier alpha value is -2.37. The van der Waals surface area contributed by atoms with Gasteiger partial charge in [-0.2, -0.15) is 0 Å². The quantitative estimate of drug-likeness (QED) is 0.557. The Morgan fingerprint density at radius 2 is 1.81 bits per heavy atom. The van der Waals surface area contributed by atoms with Crippen molar-refractivity contribution in [2.75, 3.05) is 6.61 Å². The van der Waals surface area contributed by atoms with Crippen molar-refractivity contribution in [3.8, 4) is 5.75 Å². The van der Waals surface area contributed by atoms with Crippen molar-refractivity contribution in [1.29, 1.82) is 0 Å².